The van der Waals surface area contributed by atoms with Crippen molar-refractivity contribution in [2.24, 2.45) is 0 Å². The molecule has 0 amide bonds. The monoisotopic (exact) mass is 234 g/mol. The van der Waals surface area contributed by atoms with E-state index in [4.69, 9.17) is 0 Å². The molecule has 2 heterocycles. The fourth-order valence-electron chi connectivity index (χ4n) is 2.19. The Labute approximate surface area is 104 Å². The number of anilines is 1. The van der Waals surface area contributed by atoms with Crippen LogP contribution in [0.5, 0.6) is 0 Å². The molecule has 0 bridgehead atoms. The summed E-state index contributed by atoms with van der Waals surface area (Å²) < 4.78 is 0. The molecule has 0 atom stereocenters. The molecule has 1 aromatic heterocycles. The van der Waals surface area contributed by atoms with Crippen molar-refractivity contribution in [3.8, 4) is 0 Å². The number of nitrogens with one attached hydrogen (secondary N) is 1. The van der Waals surface area contributed by atoms with Gasteiger partial charge in [0.05, 0.1) is 0 Å². The first-order chi connectivity index (χ1) is 8.29. The highest BCUT2D eigenvalue weighted by Crippen LogP contribution is 2.13. The average Bonchev–Trinajstić information content (AvgIpc) is 2.56. The molecular formula is C13H22N4. The normalized spacial score (nSPS) is 18.1. The number of nitrogens with zero attached hydrogens (tertiary/aromatic N) is 3. The maximum Gasteiger partial charge on any atom is 0.128 e. The third-order valence-corrected chi connectivity index (χ3v) is 3.23. The predicted octanol–water partition coefficient (Wildman–Crippen LogP) is 0.943. The summed E-state index contributed by atoms with van der Waals surface area (Å²) in [6.07, 6.45) is 3.19. The van der Waals surface area contributed by atoms with E-state index in [9.17, 15) is 0 Å². The summed E-state index contributed by atoms with van der Waals surface area (Å²) >= 11 is 0. The lowest BCUT2D eigenvalue weighted by atomic mass is 10.2. The number of rotatable bonds is 3. The summed E-state index contributed by atoms with van der Waals surface area (Å²) in [5.74, 6) is 1.11. The molecule has 94 valence electrons. The molecule has 1 aromatic rings. The third-order valence-electron chi connectivity index (χ3n) is 3.23. The highest BCUT2D eigenvalue weighted by Gasteiger charge is 2.13. The van der Waals surface area contributed by atoms with E-state index < -0.39 is 0 Å². The van der Waals surface area contributed by atoms with Gasteiger partial charge in [0, 0.05) is 32.4 Å². The van der Waals surface area contributed by atoms with Gasteiger partial charge in [-0.25, -0.2) is 4.98 Å². The molecular weight excluding hydrogens is 212 g/mol. The van der Waals surface area contributed by atoms with Gasteiger partial charge in [-0.2, -0.15) is 0 Å². The van der Waals surface area contributed by atoms with Gasteiger partial charge in [0.1, 0.15) is 5.82 Å². The van der Waals surface area contributed by atoms with E-state index in [1.165, 1.54) is 18.5 Å². The van der Waals surface area contributed by atoms with Gasteiger partial charge >= 0.3 is 0 Å². The third kappa shape index (κ3) is 3.41. The Kier molecular flexibility index (Phi) is 4.34. The van der Waals surface area contributed by atoms with Crippen LogP contribution in [-0.2, 0) is 6.54 Å². The van der Waals surface area contributed by atoms with E-state index in [1.807, 2.05) is 13.2 Å². The summed E-state index contributed by atoms with van der Waals surface area (Å²) in [6.45, 7) is 5.39. The van der Waals surface area contributed by atoms with Gasteiger partial charge in [0.15, 0.2) is 0 Å². The van der Waals surface area contributed by atoms with Gasteiger partial charge in [-0.15, -0.1) is 0 Å². The van der Waals surface area contributed by atoms with Crippen LogP contribution in [0.25, 0.3) is 0 Å². The van der Waals surface area contributed by atoms with E-state index in [2.05, 4.69) is 39.3 Å². The lowest BCUT2D eigenvalue weighted by molar-refractivity contribution is 0.360. The highest BCUT2D eigenvalue weighted by atomic mass is 15.2. The van der Waals surface area contributed by atoms with Crippen LogP contribution in [0.2, 0.25) is 0 Å². The molecule has 0 aromatic carbocycles. The van der Waals surface area contributed by atoms with E-state index in [-0.39, 0.29) is 0 Å². The van der Waals surface area contributed by atoms with Crippen molar-refractivity contribution in [3.05, 3.63) is 23.9 Å². The molecule has 1 aliphatic rings. The Morgan fingerprint density at radius 3 is 2.82 bits per heavy atom. The molecule has 2 rings (SSSR count). The van der Waals surface area contributed by atoms with E-state index >= 15 is 0 Å². The Balaban J connectivity index is 2.00. The number of likely N-dealkylation sites (N-methyl/N-ethyl adjacent to an activating group) is 1. The minimum absolute atomic E-state index is 0.885. The zero-order valence-corrected chi connectivity index (χ0v) is 10.8. The van der Waals surface area contributed by atoms with Gasteiger partial charge in [-0.3, -0.25) is 0 Å². The fraction of sp³-hybridized carbons (Fsp3) is 0.615. The number of pyridine rings is 1. The van der Waals surface area contributed by atoms with Crippen molar-refractivity contribution in [3.63, 3.8) is 0 Å². The second kappa shape index (κ2) is 5.98. The van der Waals surface area contributed by atoms with Crippen LogP contribution in [0.15, 0.2) is 18.3 Å². The molecule has 0 radical (unpaired) electrons. The Morgan fingerprint density at radius 2 is 2.12 bits per heavy atom. The fourth-order valence-corrected chi connectivity index (χ4v) is 2.19. The van der Waals surface area contributed by atoms with Crippen molar-refractivity contribution in [2.75, 3.05) is 45.2 Å². The molecule has 17 heavy (non-hydrogen) atoms. The van der Waals surface area contributed by atoms with Crippen molar-refractivity contribution < 1.29 is 0 Å². The summed E-state index contributed by atoms with van der Waals surface area (Å²) in [4.78, 5) is 9.32. The predicted molar refractivity (Wildman–Crippen MR) is 71.3 cm³/mol. The smallest absolute Gasteiger partial charge is 0.128 e. The first kappa shape index (κ1) is 12.3. The van der Waals surface area contributed by atoms with E-state index in [0.29, 0.717) is 0 Å². The topological polar surface area (TPSA) is 31.4 Å². The van der Waals surface area contributed by atoms with Crippen LogP contribution >= 0.6 is 0 Å². The minimum atomic E-state index is 0.885. The van der Waals surface area contributed by atoms with Gasteiger partial charge in [0.2, 0.25) is 0 Å². The average molecular weight is 234 g/mol. The maximum atomic E-state index is 4.56. The highest BCUT2D eigenvalue weighted by molar-refractivity contribution is 5.39. The number of hydrogen-bond acceptors (Lipinski definition) is 4. The minimum Gasteiger partial charge on any atom is -0.355 e. The van der Waals surface area contributed by atoms with Crippen molar-refractivity contribution >= 4 is 5.82 Å². The van der Waals surface area contributed by atoms with Crippen LogP contribution in [0, 0.1) is 0 Å². The first-order valence-electron chi connectivity index (χ1n) is 6.32. The van der Waals surface area contributed by atoms with Gasteiger partial charge in [-0.05, 0) is 38.7 Å². The maximum absolute atomic E-state index is 4.56. The molecule has 4 nitrogen and oxygen atoms in total. The standard InChI is InChI=1S/C13H22N4/c1-14-10-12-4-5-13(15-11-12)17-7-3-6-16(2)8-9-17/h4-5,11,14H,3,6-10H2,1-2H3. The van der Waals surface area contributed by atoms with Crippen LogP contribution in [0.4, 0.5) is 5.82 Å². The summed E-state index contributed by atoms with van der Waals surface area (Å²) in [5.41, 5.74) is 1.24. The van der Waals surface area contributed by atoms with Crippen molar-refractivity contribution in [1.29, 1.82) is 0 Å². The number of hydrogen-bond donors (Lipinski definition) is 1. The van der Waals surface area contributed by atoms with Crippen LogP contribution in [0.3, 0.4) is 0 Å². The molecule has 1 aliphatic heterocycles. The van der Waals surface area contributed by atoms with Crippen molar-refractivity contribution in [2.45, 2.75) is 13.0 Å². The quantitative estimate of drug-likeness (QED) is 0.843. The molecule has 1 N–H and O–H groups in total. The SMILES string of the molecule is CNCc1ccc(N2CCCN(C)CC2)nc1. The molecule has 1 saturated heterocycles. The Morgan fingerprint density at radius 1 is 1.24 bits per heavy atom. The van der Waals surface area contributed by atoms with Gasteiger partial charge in [0.25, 0.3) is 0 Å². The van der Waals surface area contributed by atoms with Gasteiger partial charge in [-0.1, -0.05) is 6.07 Å². The molecule has 0 spiro atoms. The first-order valence-corrected chi connectivity index (χ1v) is 6.32. The second-order valence-electron chi connectivity index (χ2n) is 4.70. The van der Waals surface area contributed by atoms with Crippen LogP contribution in [0.1, 0.15) is 12.0 Å². The molecule has 0 unspecified atom stereocenters. The molecule has 4 heteroatoms. The van der Waals surface area contributed by atoms with Crippen LogP contribution < -0.4 is 10.2 Å². The molecule has 1 fully saturated rings. The lowest BCUT2D eigenvalue weighted by Gasteiger charge is -2.21. The molecule has 0 saturated carbocycles. The Hall–Kier alpha value is -1.13. The van der Waals surface area contributed by atoms with E-state index in [0.717, 1.165) is 32.0 Å². The largest absolute Gasteiger partial charge is 0.355 e. The lowest BCUT2D eigenvalue weighted by Crippen LogP contribution is -2.29. The zero-order valence-electron chi connectivity index (χ0n) is 10.8. The number of aromatic nitrogens is 1. The zero-order chi connectivity index (χ0) is 12.1. The van der Waals surface area contributed by atoms with Crippen molar-refractivity contribution in [1.82, 2.24) is 15.2 Å². The molecule has 0 aliphatic carbocycles. The Bertz CT molecular complexity index is 336. The van der Waals surface area contributed by atoms with Gasteiger partial charge < -0.3 is 15.1 Å². The summed E-state index contributed by atoms with van der Waals surface area (Å²) in [7, 11) is 4.14. The van der Waals surface area contributed by atoms with E-state index in [1.54, 1.807) is 0 Å². The van der Waals surface area contributed by atoms with Crippen LogP contribution in [-0.4, -0.2) is 50.2 Å². The summed E-state index contributed by atoms with van der Waals surface area (Å²) in [6, 6.07) is 4.30. The second-order valence-corrected chi connectivity index (χ2v) is 4.70. The summed E-state index contributed by atoms with van der Waals surface area (Å²) in [5, 5.41) is 3.14.